The fourth-order valence-corrected chi connectivity index (χ4v) is 3.10. The number of rotatable bonds is 7. The number of sulfonamides is 1. The smallest absolute Gasteiger partial charge is 0.243 e. The van der Waals surface area contributed by atoms with Gasteiger partial charge in [-0.25, -0.2) is 21.9 Å². The summed E-state index contributed by atoms with van der Waals surface area (Å²) in [5.41, 5.74) is 0.339. The van der Waals surface area contributed by atoms with Crippen molar-refractivity contribution in [2.45, 2.75) is 24.4 Å². The van der Waals surface area contributed by atoms with Gasteiger partial charge < -0.3 is 10.1 Å². The second kappa shape index (κ2) is 7.07. The molecule has 0 radical (unpaired) electrons. The number of halogens is 2. The summed E-state index contributed by atoms with van der Waals surface area (Å²) in [4.78, 5) is -0.703. The van der Waals surface area contributed by atoms with Crippen LogP contribution in [-0.4, -0.2) is 35.2 Å². The van der Waals surface area contributed by atoms with Crippen molar-refractivity contribution >= 4 is 10.0 Å². The Bertz CT molecular complexity index is 564. The van der Waals surface area contributed by atoms with Gasteiger partial charge in [-0.3, -0.25) is 0 Å². The van der Waals surface area contributed by atoms with Gasteiger partial charge in [0.25, 0.3) is 0 Å². The summed E-state index contributed by atoms with van der Waals surface area (Å²) in [5, 5.41) is 2.75. The summed E-state index contributed by atoms with van der Waals surface area (Å²) < 4.78 is 58.3. The van der Waals surface area contributed by atoms with Crippen LogP contribution in [0.15, 0.2) is 17.0 Å². The Balaban J connectivity index is 3.16. The Hall–Kier alpha value is -1.09. The first-order valence-corrected chi connectivity index (χ1v) is 7.44. The predicted molar refractivity (Wildman–Crippen MR) is 70.8 cm³/mol. The third-order valence-corrected chi connectivity index (χ3v) is 4.09. The van der Waals surface area contributed by atoms with Gasteiger partial charge in [0.1, 0.15) is 4.90 Å². The summed E-state index contributed by atoms with van der Waals surface area (Å²) in [7, 11) is -1.11. The van der Waals surface area contributed by atoms with E-state index in [1.54, 1.807) is 14.0 Å². The zero-order valence-corrected chi connectivity index (χ0v) is 12.4. The first-order chi connectivity index (χ1) is 9.31. The van der Waals surface area contributed by atoms with E-state index in [0.29, 0.717) is 5.56 Å². The zero-order chi connectivity index (χ0) is 15.3. The minimum atomic E-state index is -4.15. The Morgan fingerprint density at radius 2 is 2.00 bits per heavy atom. The SMILES string of the molecule is CNCc1cc(F)c(F)c(S(=O)(=O)NC(C)COC)c1. The van der Waals surface area contributed by atoms with Crippen LogP contribution in [0.25, 0.3) is 0 Å². The molecule has 1 aromatic rings. The summed E-state index contributed by atoms with van der Waals surface area (Å²) >= 11 is 0. The van der Waals surface area contributed by atoms with E-state index in [-0.39, 0.29) is 13.2 Å². The predicted octanol–water partition coefficient (Wildman–Crippen LogP) is 0.997. The van der Waals surface area contributed by atoms with Gasteiger partial charge >= 0.3 is 0 Å². The quantitative estimate of drug-likeness (QED) is 0.788. The van der Waals surface area contributed by atoms with Crippen LogP contribution in [-0.2, 0) is 21.3 Å². The highest BCUT2D eigenvalue weighted by atomic mass is 32.2. The summed E-state index contributed by atoms with van der Waals surface area (Å²) in [6.07, 6.45) is 0. The number of hydrogen-bond donors (Lipinski definition) is 2. The second-order valence-corrected chi connectivity index (χ2v) is 6.08. The standard InChI is InChI=1S/C12H18F2N2O3S/c1-8(7-19-3)16-20(17,18)11-5-9(6-15-2)4-10(13)12(11)14/h4-5,8,15-16H,6-7H2,1-3H3. The van der Waals surface area contributed by atoms with E-state index in [2.05, 4.69) is 10.0 Å². The van der Waals surface area contributed by atoms with Gasteiger partial charge in [0, 0.05) is 19.7 Å². The highest BCUT2D eigenvalue weighted by Gasteiger charge is 2.24. The minimum Gasteiger partial charge on any atom is -0.383 e. The van der Waals surface area contributed by atoms with Crippen molar-refractivity contribution in [2.75, 3.05) is 20.8 Å². The van der Waals surface area contributed by atoms with Crippen LogP contribution in [0.5, 0.6) is 0 Å². The van der Waals surface area contributed by atoms with Crippen molar-refractivity contribution in [3.63, 3.8) is 0 Å². The Kier molecular flexibility index (Phi) is 6.00. The van der Waals surface area contributed by atoms with Crippen molar-refractivity contribution in [3.8, 4) is 0 Å². The van der Waals surface area contributed by atoms with Crippen LogP contribution in [0.4, 0.5) is 8.78 Å². The lowest BCUT2D eigenvalue weighted by Crippen LogP contribution is -2.36. The molecule has 0 heterocycles. The topological polar surface area (TPSA) is 67.4 Å². The van der Waals surface area contributed by atoms with E-state index < -0.39 is 32.6 Å². The van der Waals surface area contributed by atoms with Gasteiger partial charge in [-0.15, -0.1) is 0 Å². The lowest BCUT2D eigenvalue weighted by molar-refractivity contribution is 0.180. The minimum absolute atomic E-state index is 0.125. The fraction of sp³-hybridized carbons (Fsp3) is 0.500. The van der Waals surface area contributed by atoms with Crippen molar-refractivity contribution in [1.82, 2.24) is 10.0 Å². The van der Waals surface area contributed by atoms with Crippen molar-refractivity contribution in [3.05, 3.63) is 29.3 Å². The largest absolute Gasteiger partial charge is 0.383 e. The Morgan fingerprint density at radius 1 is 1.35 bits per heavy atom. The van der Waals surface area contributed by atoms with Crippen molar-refractivity contribution in [2.24, 2.45) is 0 Å². The van der Waals surface area contributed by atoms with E-state index >= 15 is 0 Å². The lowest BCUT2D eigenvalue weighted by atomic mass is 10.2. The normalized spacial score (nSPS) is 13.4. The van der Waals surface area contributed by atoms with Crippen LogP contribution in [0.2, 0.25) is 0 Å². The van der Waals surface area contributed by atoms with Crippen molar-refractivity contribution < 1.29 is 21.9 Å². The molecule has 0 aliphatic heterocycles. The molecule has 0 saturated heterocycles. The molecule has 114 valence electrons. The van der Waals surface area contributed by atoms with Gasteiger partial charge in [0.15, 0.2) is 11.6 Å². The number of ether oxygens (including phenoxy) is 1. The molecule has 1 atom stereocenters. The summed E-state index contributed by atoms with van der Waals surface area (Å²) in [6.45, 7) is 1.92. The molecule has 0 aromatic heterocycles. The van der Waals surface area contributed by atoms with E-state index in [0.717, 1.165) is 12.1 Å². The third-order valence-electron chi connectivity index (χ3n) is 2.50. The molecule has 0 amide bonds. The number of nitrogens with one attached hydrogen (secondary N) is 2. The lowest BCUT2D eigenvalue weighted by Gasteiger charge is -2.14. The molecule has 0 fully saturated rings. The summed E-state index contributed by atoms with van der Waals surface area (Å²) in [6, 6.07) is 1.51. The molecule has 8 heteroatoms. The van der Waals surface area contributed by atoms with Gasteiger partial charge in [0.05, 0.1) is 6.61 Å². The molecule has 0 bridgehead atoms. The zero-order valence-electron chi connectivity index (χ0n) is 11.5. The molecule has 5 nitrogen and oxygen atoms in total. The van der Waals surface area contributed by atoms with Crippen LogP contribution in [0.3, 0.4) is 0 Å². The highest BCUT2D eigenvalue weighted by Crippen LogP contribution is 2.20. The van der Waals surface area contributed by atoms with Crippen LogP contribution >= 0.6 is 0 Å². The van der Waals surface area contributed by atoms with E-state index in [1.807, 2.05) is 0 Å². The first-order valence-electron chi connectivity index (χ1n) is 5.95. The molecule has 1 rings (SSSR count). The maximum atomic E-state index is 13.7. The van der Waals surface area contributed by atoms with Crippen LogP contribution in [0.1, 0.15) is 12.5 Å². The number of hydrogen-bond acceptors (Lipinski definition) is 4. The molecule has 0 aliphatic rings. The maximum absolute atomic E-state index is 13.7. The van der Waals surface area contributed by atoms with Crippen molar-refractivity contribution in [1.29, 1.82) is 0 Å². The molecule has 0 aliphatic carbocycles. The number of benzene rings is 1. The monoisotopic (exact) mass is 308 g/mol. The Morgan fingerprint density at radius 3 is 2.55 bits per heavy atom. The highest BCUT2D eigenvalue weighted by molar-refractivity contribution is 7.89. The van der Waals surface area contributed by atoms with Crippen LogP contribution < -0.4 is 10.0 Å². The maximum Gasteiger partial charge on any atom is 0.243 e. The average Bonchev–Trinajstić information content (AvgIpc) is 2.33. The Labute approximate surface area is 117 Å². The molecule has 0 spiro atoms. The molecular formula is C12H18F2N2O3S. The second-order valence-electron chi connectivity index (χ2n) is 4.40. The molecule has 2 N–H and O–H groups in total. The van der Waals surface area contributed by atoms with Crippen LogP contribution in [0, 0.1) is 11.6 Å². The third kappa shape index (κ3) is 4.20. The van der Waals surface area contributed by atoms with Gasteiger partial charge in [-0.05, 0) is 31.7 Å². The molecule has 1 aromatic carbocycles. The number of methoxy groups -OCH3 is 1. The molecular weight excluding hydrogens is 290 g/mol. The molecule has 20 heavy (non-hydrogen) atoms. The van der Waals surface area contributed by atoms with Gasteiger partial charge in [-0.2, -0.15) is 0 Å². The molecule has 1 unspecified atom stereocenters. The van der Waals surface area contributed by atoms with Gasteiger partial charge in [-0.1, -0.05) is 0 Å². The van der Waals surface area contributed by atoms with Gasteiger partial charge in [0.2, 0.25) is 10.0 Å². The fourth-order valence-electron chi connectivity index (χ4n) is 1.73. The van der Waals surface area contributed by atoms with E-state index in [9.17, 15) is 17.2 Å². The van der Waals surface area contributed by atoms with E-state index in [4.69, 9.17) is 4.74 Å². The molecule has 0 saturated carbocycles. The summed E-state index contributed by atoms with van der Waals surface area (Å²) in [5.74, 6) is -2.58. The average molecular weight is 308 g/mol. The first kappa shape index (κ1) is 17.0. The van der Waals surface area contributed by atoms with E-state index in [1.165, 1.54) is 7.11 Å².